The molecular weight excluding hydrogens is 360 g/mol. The molecule has 0 N–H and O–H groups in total. The zero-order chi connectivity index (χ0) is 20.7. The van der Waals surface area contributed by atoms with E-state index in [1.165, 1.54) is 27.7 Å². The van der Waals surface area contributed by atoms with Gasteiger partial charge >= 0.3 is 23.9 Å². The van der Waals surface area contributed by atoms with Gasteiger partial charge in [0.15, 0.2) is 18.3 Å². The highest BCUT2D eigenvalue weighted by atomic mass is 16.7. The summed E-state index contributed by atoms with van der Waals surface area (Å²) in [7, 11) is 0. The van der Waals surface area contributed by atoms with Crippen LogP contribution in [0.4, 0.5) is 0 Å². The van der Waals surface area contributed by atoms with Gasteiger partial charge in [-0.15, -0.1) is 6.58 Å². The molecule has 0 aromatic heterocycles. The minimum Gasteiger partial charge on any atom is -0.463 e. The molecule has 152 valence electrons. The first-order valence-corrected chi connectivity index (χ1v) is 8.46. The van der Waals surface area contributed by atoms with Gasteiger partial charge in [-0.25, -0.2) is 0 Å². The standard InChI is InChI=1S/C18H26O9/c1-9(2)7-14-16(24-11(4)20)18(26-13(6)22)17(25-12(5)21)15(27-14)8-23-10(3)19/h14-18H,1,7-8H2,2-6H3. The zero-order valence-corrected chi connectivity index (χ0v) is 16.2. The summed E-state index contributed by atoms with van der Waals surface area (Å²) in [5.74, 6) is -2.49. The summed E-state index contributed by atoms with van der Waals surface area (Å²) in [5, 5.41) is 0. The zero-order valence-electron chi connectivity index (χ0n) is 16.2. The Morgan fingerprint density at radius 2 is 1.19 bits per heavy atom. The Morgan fingerprint density at radius 3 is 1.59 bits per heavy atom. The van der Waals surface area contributed by atoms with E-state index in [9.17, 15) is 19.2 Å². The van der Waals surface area contributed by atoms with Gasteiger partial charge in [-0.05, 0) is 13.3 Å². The van der Waals surface area contributed by atoms with Crippen LogP contribution in [0.1, 0.15) is 41.0 Å². The van der Waals surface area contributed by atoms with E-state index in [2.05, 4.69) is 6.58 Å². The quantitative estimate of drug-likeness (QED) is 0.360. The lowest BCUT2D eigenvalue weighted by Crippen LogP contribution is -2.62. The first-order valence-electron chi connectivity index (χ1n) is 8.46. The van der Waals surface area contributed by atoms with Crippen molar-refractivity contribution in [3.05, 3.63) is 12.2 Å². The summed E-state index contributed by atoms with van der Waals surface area (Å²) in [6.07, 6.45) is -4.65. The maximum atomic E-state index is 11.6. The van der Waals surface area contributed by atoms with Crippen LogP contribution in [0, 0.1) is 0 Å². The van der Waals surface area contributed by atoms with E-state index in [4.69, 9.17) is 23.7 Å². The third-order valence-corrected chi connectivity index (χ3v) is 3.64. The molecule has 0 radical (unpaired) electrons. The van der Waals surface area contributed by atoms with Gasteiger partial charge in [0.05, 0.1) is 0 Å². The molecule has 0 aromatic rings. The predicted octanol–water partition coefficient (Wildman–Crippen LogP) is 1.08. The lowest BCUT2D eigenvalue weighted by atomic mass is 9.91. The SMILES string of the molecule is C=C(C)CC1OC(COC(C)=O)C(OC(C)=O)C(OC(C)=O)C1OC(C)=O. The number of rotatable bonds is 7. The number of ether oxygens (including phenoxy) is 5. The monoisotopic (exact) mass is 386 g/mol. The number of carbonyl (C=O) groups is 4. The van der Waals surface area contributed by atoms with Crippen molar-refractivity contribution in [2.24, 2.45) is 0 Å². The normalized spacial score (nSPS) is 27.2. The van der Waals surface area contributed by atoms with Crippen LogP contribution in [-0.4, -0.2) is 61.0 Å². The van der Waals surface area contributed by atoms with Crippen molar-refractivity contribution in [2.75, 3.05) is 6.61 Å². The van der Waals surface area contributed by atoms with Crippen LogP contribution in [-0.2, 0) is 42.9 Å². The molecular formula is C18H26O9. The fourth-order valence-corrected chi connectivity index (χ4v) is 2.83. The summed E-state index contributed by atoms with van der Waals surface area (Å²) in [6.45, 7) is 10.1. The van der Waals surface area contributed by atoms with Crippen molar-refractivity contribution >= 4 is 23.9 Å². The third kappa shape index (κ3) is 7.38. The van der Waals surface area contributed by atoms with Crippen LogP contribution in [0.5, 0.6) is 0 Å². The first-order chi connectivity index (χ1) is 12.5. The van der Waals surface area contributed by atoms with Crippen LogP contribution in [0.3, 0.4) is 0 Å². The van der Waals surface area contributed by atoms with Crippen LogP contribution >= 0.6 is 0 Å². The van der Waals surface area contributed by atoms with Crippen molar-refractivity contribution < 1.29 is 42.9 Å². The van der Waals surface area contributed by atoms with Gasteiger partial charge in [0, 0.05) is 27.7 Å². The lowest BCUT2D eigenvalue weighted by molar-refractivity contribution is -0.252. The van der Waals surface area contributed by atoms with Gasteiger partial charge in [-0.2, -0.15) is 0 Å². The molecule has 0 amide bonds. The summed E-state index contributed by atoms with van der Waals surface area (Å²) in [6, 6.07) is 0. The van der Waals surface area contributed by atoms with E-state index in [1.54, 1.807) is 6.92 Å². The topological polar surface area (TPSA) is 114 Å². The third-order valence-electron chi connectivity index (χ3n) is 3.64. The molecule has 0 saturated carbocycles. The molecule has 1 fully saturated rings. The van der Waals surface area contributed by atoms with E-state index in [0.29, 0.717) is 6.42 Å². The minimum absolute atomic E-state index is 0.232. The highest BCUT2D eigenvalue weighted by molar-refractivity contribution is 5.68. The molecule has 9 nitrogen and oxygen atoms in total. The number of hydrogen-bond donors (Lipinski definition) is 0. The van der Waals surface area contributed by atoms with E-state index in [0.717, 1.165) is 5.57 Å². The molecule has 5 atom stereocenters. The van der Waals surface area contributed by atoms with Crippen molar-refractivity contribution in [1.82, 2.24) is 0 Å². The smallest absolute Gasteiger partial charge is 0.303 e. The molecule has 0 bridgehead atoms. The van der Waals surface area contributed by atoms with Gasteiger partial charge < -0.3 is 23.7 Å². The molecule has 1 aliphatic rings. The van der Waals surface area contributed by atoms with Crippen molar-refractivity contribution in [1.29, 1.82) is 0 Å². The van der Waals surface area contributed by atoms with E-state index >= 15 is 0 Å². The summed E-state index contributed by atoms with van der Waals surface area (Å²) in [4.78, 5) is 46.0. The molecule has 1 heterocycles. The van der Waals surface area contributed by atoms with E-state index in [1.807, 2.05) is 0 Å². The lowest BCUT2D eigenvalue weighted by Gasteiger charge is -2.44. The molecule has 1 rings (SSSR count). The fourth-order valence-electron chi connectivity index (χ4n) is 2.83. The average molecular weight is 386 g/mol. The Hall–Kier alpha value is -2.42. The average Bonchev–Trinajstić information content (AvgIpc) is 2.49. The van der Waals surface area contributed by atoms with Crippen LogP contribution in [0.2, 0.25) is 0 Å². The molecule has 1 saturated heterocycles. The Bertz CT molecular complexity index is 598. The minimum atomic E-state index is -1.13. The Balaban J connectivity index is 3.29. The second kappa shape index (κ2) is 10.1. The second-order valence-electron chi connectivity index (χ2n) is 6.40. The van der Waals surface area contributed by atoms with Crippen molar-refractivity contribution in [3.8, 4) is 0 Å². The number of hydrogen-bond acceptors (Lipinski definition) is 9. The van der Waals surface area contributed by atoms with Gasteiger partial charge in [0.25, 0.3) is 0 Å². The Morgan fingerprint density at radius 1 is 0.741 bits per heavy atom. The van der Waals surface area contributed by atoms with E-state index < -0.39 is 54.4 Å². The van der Waals surface area contributed by atoms with Crippen molar-refractivity contribution in [2.45, 2.75) is 71.6 Å². The number of esters is 4. The summed E-state index contributed by atoms with van der Waals surface area (Å²) >= 11 is 0. The van der Waals surface area contributed by atoms with Gasteiger partial charge in [0.1, 0.15) is 18.8 Å². The maximum Gasteiger partial charge on any atom is 0.303 e. The maximum absolute atomic E-state index is 11.6. The molecule has 27 heavy (non-hydrogen) atoms. The molecule has 5 unspecified atom stereocenters. The Kier molecular flexibility index (Phi) is 8.42. The van der Waals surface area contributed by atoms with Crippen LogP contribution in [0.25, 0.3) is 0 Å². The first kappa shape index (κ1) is 22.6. The molecule has 9 heteroatoms. The van der Waals surface area contributed by atoms with Crippen LogP contribution < -0.4 is 0 Å². The molecule has 1 aliphatic heterocycles. The molecule has 0 spiro atoms. The van der Waals surface area contributed by atoms with Gasteiger partial charge in [-0.1, -0.05) is 5.57 Å². The largest absolute Gasteiger partial charge is 0.463 e. The predicted molar refractivity (Wildman–Crippen MR) is 91.4 cm³/mol. The fraction of sp³-hybridized carbons (Fsp3) is 0.667. The van der Waals surface area contributed by atoms with Crippen LogP contribution in [0.15, 0.2) is 12.2 Å². The number of carbonyl (C=O) groups excluding carboxylic acids is 4. The summed E-state index contributed by atoms with van der Waals surface area (Å²) < 4.78 is 26.8. The van der Waals surface area contributed by atoms with E-state index in [-0.39, 0.29) is 6.61 Å². The second-order valence-corrected chi connectivity index (χ2v) is 6.40. The highest BCUT2D eigenvalue weighted by Gasteiger charge is 2.51. The van der Waals surface area contributed by atoms with Crippen molar-refractivity contribution in [3.63, 3.8) is 0 Å². The van der Waals surface area contributed by atoms with Gasteiger partial charge in [0.2, 0.25) is 0 Å². The highest BCUT2D eigenvalue weighted by Crippen LogP contribution is 2.31. The molecule has 0 aromatic carbocycles. The van der Waals surface area contributed by atoms with Gasteiger partial charge in [-0.3, -0.25) is 19.2 Å². The summed E-state index contributed by atoms with van der Waals surface area (Å²) in [5.41, 5.74) is 0.732. The molecule has 0 aliphatic carbocycles. The Labute approximate surface area is 157 Å².